The fraction of sp³-hybridized carbons (Fsp3) is 0.188. The fourth-order valence-electron chi connectivity index (χ4n) is 1.98. The molecule has 0 aliphatic heterocycles. The number of hydrogen-bond donors (Lipinski definition) is 2. The molecule has 0 saturated carbocycles. The first-order valence-electron chi connectivity index (χ1n) is 6.50. The number of anilines is 2. The van der Waals surface area contributed by atoms with Crippen LogP contribution in [0.2, 0.25) is 0 Å². The van der Waals surface area contributed by atoms with Crippen LogP contribution < -0.4 is 15.8 Å². The van der Waals surface area contributed by atoms with Gasteiger partial charge < -0.3 is 15.8 Å². The van der Waals surface area contributed by atoms with Crippen LogP contribution in [0.5, 0.6) is 5.75 Å². The van der Waals surface area contributed by atoms with E-state index >= 15 is 0 Å². The Morgan fingerprint density at radius 1 is 1.19 bits per heavy atom. The van der Waals surface area contributed by atoms with E-state index in [1.165, 1.54) is 18.2 Å². The number of nitrogens with one attached hydrogen (secondary N) is 1. The second-order valence-electron chi connectivity index (χ2n) is 4.90. The molecule has 1 amide bonds. The Morgan fingerprint density at radius 3 is 2.48 bits per heavy atom. The summed E-state index contributed by atoms with van der Waals surface area (Å²) in [5.41, 5.74) is 7.99. The summed E-state index contributed by atoms with van der Waals surface area (Å²) >= 11 is 0. The van der Waals surface area contributed by atoms with Crippen molar-refractivity contribution in [3.05, 3.63) is 53.3 Å². The number of aryl methyl sites for hydroxylation is 2. The molecule has 110 valence electrons. The van der Waals surface area contributed by atoms with Crippen molar-refractivity contribution in [1.29, 1.82) is 0 Å². The van der Waals surface area contributed by atoms with Gasteiger partial charge in [-0.15, -0.1) is 0 Å². The van der Waals surface area contributed by atoms with Gasteiger partial charge in [0.1, 0.15) is 11.6 Å². The minimum Gasteiger partial charge on any atom is -0.484 e. The maximum Gasteiger partial charge on any atom is 0.262 e. The van der Waals surface area contributed by atoms with Crippen LogP contribution in [0.3, 0.4) is 0 Å². The number of ether oxygens (including phenoxy) is 1. The summed E-state index contributed by atoms with van der Waals surface area (Å²) in [7, 11) is 0. The molecule has 0 aliphatic carbocycles. The number of hydrogen-bond acceptors (Lipinski definition) is 3. The molecule has 2 aromatic carbocycles. The van der Waals surface area contributed by atoms with E-state index in [1.807, 2.05) is 32.0 Å². The number of amides is 1. The van der Waals surface area contributed by atoms with Gasteiger partial charge in [0.05, 0.1) is 5.69 Å². The summed E-state index contributed by atoms with van der Waals surface area (Å²) in [6.07, 6.45) is 0. The van der Waals surface area contributed by atoms with Gasteiger partial charge in [-0.05, 0) is 55.3 Å². The predicted octanol–water partition coefficient (Wildman–Crippen LogP) is 3.04. The van der Waals surface area contributed by atoms with Gasteiger partial charge in [0.25, 0.3) is 5.91 Å². The standard InChI is InChI=1S/C16H17FN2O2/c1-10-5-11(2)7-13(6-10)21-9-16(20)19-12-3-4-14(17)15(18)8-12/h3-8H,9,18H2,1-2H3,(H,19,20). The molecule has 0 bridgehead atoms. The molecule has 0 aromatic heterocycles. The molecule has 0 fully saturated rings. The number of rotatable bonds is 4. The largest absolute Gasteiger partial charge is 0.484 e. The van der Waals surface area contributed by atoms with E-state index in [0.717, 1.165) is 11.1 Å². The number of benzene rings is 2. The van der Waals surface area contributed by atoms with Crippen molar-refractivity contribution in [1.82, 2.24) is 0 Å². The molecule has 21 heavy (non-hydrogen) atoms. The van der Waals surface area contributed by atoms with E-state index in [2.05, 4.69) is 5.32 Å². The van der Waals surface area contributed by atoms with Crippen molar-refractivity contribution in [2.45, 2.75) is 13.8 Å². The molecule has 3 N–H and O–H groups in total. The van der Waals surface area contributed by atoms with Gasteiger partial charge in [0.15, 0.2) is 6.61 Å². The molecule has 0 spiro atoms. The monoisotopic (exact) mass is 288 g/mol. The zero-order chi connectivity index (χ0) is 15.4. The van der Waals surface area contributed by atoms with Crippen LogP contribution in [0.1, 0.15) is 11.1 Å². The summed E-state index contributed by atoms with van der Waals surface area (Å²) in [5.74, 6) is -0.207. The maximum absolute atomic E-state index is 13.0. The molecular formula is C16H17FN2O2. The Kier molecular flexibility index (Phi) is 4.42. The summed E-state index contributed by atoms with van der Waals surface area (Å²) in [5, 5.41) is 2.60. The lowest BCUT2D eigenvalue weighted by Gasteiger charge is -2.09. The third kappa shape index (κ3) is 4.21. The van der Waals surface area contributed by atoms with Gasteiger partial charge in [-0.1, -0.05) is 6.07 Å². The van der Waals surface area contributed by atoms with Gasteiger partial charge in [0, 0.05) is 5.69 Å². The van der Waals surface area contributed by atoms with Gasteiger partial charge in [-0.25, -0.2) is 4.39 Å². The van der Waals surface area contributed by atoms with Crippen LogP contribution in [-0.2, 0) is 4.79 Å². The van der Waals surface area contributed by atoms with E-state index in [1.54, 1.807) is 0 Å². The Morgan fingerprint density at radius 2 is 1.86 bits per heavy atom. The van der Waals surface area contributed by atoms with E-state index in [0.29, 0.717) is 11.4 Å². The first-order chi connectivity index (χ1) is 9.94. The molecule has 0 unspecified atom stereocenters. The highest BCUT2D eigenvalue weighted by Crippen LogP contribution is 2.17. The predicted molar refractivity (Wildman–Crippen MR) is 80.9 cm³/mol. The molecule has 0 saturated heterocycles. The Balaban J connectivity index is 1.94. The molecule has 5 heteroatoms. The molecule has 2 rings (SSSR count). The van der Waals surface area contributed by atoms with Gasteiger partial charge in [-0.3, -0.25) is 4.79 Å². The van der Waals surface area contributed by atoms with Crippen molar-refractivity contribution < 1.29 is 13.9 Å². The molecule has 4 nitrogen and oxygen atoms in total. The lowest BCUT2D eigenvalue weighted by Crippen LogP contribution is -2.20. The zero-order valence-corrected chi connectivity index (χ0v) is 11.9. The van der Waals surface area contributed by atoms with Gasteiger partial charge in [0.2, 0.25) is 0 Å². The van der Waals surface area contributed by atoms with Crippen molar-refractivity contribution in [3.8, 4) is 5.75 Å². The number of nitrogen functional groups attached to an aromatic ring is 1. The number of carbonyl (C=O) groups excluding carboxylic acids is 1. The van der Waals surface area contributed by atoms with Crippen LogP contribution in [0, 0.1) is 19.7 Å². The molecule has 0 heterocycles. The highest BCUT2D eigenvalue weighted by atomic mass is 19.1. The SMILES string of the molecule is Cc1cc(C)cc(OCC(=O)Nc2ccc(F)c(N)c2)c1. The van der Waals surface area contributed by atoms with Crippen molar-refractivity contribution in [2.24, 2.45) is 0 Å². The van der Waals surface area contributed by atoms with Gasteiger partial charge >= 0.3 is 0 Å². The summed E-state index contributed by atoms with van der Waals surface area (Å²) in [6.45, 7) is 3.79. The first kappa shape index (κ1) is 14.8. The maximum atomic E-state index is 13.0. The average Bonchev–Trinajstić information content (AvgIpc) is 2.40. The van der Waals surface area contributed by atoms with Crippen LogP contribution in [-0.4, -0.2) is 12.5 Å². The van der Waals surface area contributed by atoms with Crippen LogP contribution >= 0.6 is 0 Å². The minimum absolute atomic E-state index is 0.0111. The van der Waals surface area contributed by atoms with Crippen LogP contribution in [0.15, 0.2) is 36.4 Å². The normalized spacial score (nSPS) is 10.2. The van der Waals surface area contributed by atoms with E-state index < -0.39 is 5.82 Å². The Labute approximate surface area is 122 Å². The van der Waals surface area contributed by atoms with Crippen molar-refractivity contribution >= 4 is 17.3 Å². The summed E-state index contributed by atoms with van der Waals surface area (Å²) in [6, 6.07) is 9.75. The quantitative estimate of drug-likeness (QED) is 0.850. The summed E-state index contributed by atoms with van der Waals surface area (Å²) < 4.78 is 18.5. The second-order valence-corrected chi connectivity index (χ2v) is 4.90. The second kappa shape index (κ2) is 6.26. The topological polar surface area (TPSA) is 64.3 Å². The highest BCUT2D eigenvalue weighted by molar-refractivity contribution is 5.92. The highest BCUT2D eigenvalue weighted by Gasteiger charge is 2.06. The number of halogens is 1. The number of nitrogens with two attached hydrogens (primary N) is 1. The third-order valence-electron chi connectivity index (χ3n) is 2.84. The Bertz CT molecular complexity index is 651. The van der Waals surface area contributed by atoms with Crippen LogP contribution in [0.25, 0.3) is 0 Å². The minimum atomic E-state index is -0.514. The molecule has 0 radical (unpaired) electrons. The molecule has 0 atom stereocenters. The Hall–Kier alpha value is -2.56. The summed E-state index contributed by atoms with van der Waals surface area (Å²) in [4.78, 5) is 11.8. The van der Waals surface area contributed by atoms with Crippen LogP contribution in [0.4, 0.5) is 15.8 Å². The van der Waals surface area contributed by atoms with Crippen molar-refractivity contribution in [3.63, 3.8) is 0 Å². The van der Waals surface area contributed by atoms with Crippen molar-refractivity contribution in [2.75, 3.05) is 17.7 Å². The molecule has 0 aliphatic rings. The zero-order valence-electron chi connectivity index (χ0n) is 11.9. The molecular weight excluding hydrogens is 271 g/mol. The van der Waals surface area contributed by atoms with Gasteiger partial charge in [-0.2, -0.15) is 0 Å². The average molecular weight is 288 g/mol. The number of carbonyl (C=O) groups is 1. The lowest BCUT2D eigenvalue weighted by atomic mass is 10.1. The first-order valence-corrected chi connectivity index (χ1v) is 6.50. The lowest BCUT2D eigenvalue weighted by molar-refractivity contribution is -0.118. The third-order valence-corrected chi connectivity index (χ3v) is 2.84. The van der Waals surface area contributed by atoms with E-state index in [4.69, 9.17) is 10.5 Å². The fourth-order valence-corrected chi connectivity index (χ4v) is 1.98. The smallest absolute Gasteiger partial charge is 0.262 e. The van der Waals surface area contributed by atoms with E-state index in [-0.39, 0.29) is 18.2 Å². The van der Waals surface area contributed by atoms with E-state index in [9.17, 15) is 9.18 Å². The molecule has 2 aromatic rings.